The highest BCUT2D eigenvalue weighted by atomic mass is 16.6. The van der Waals surface area contributed by atoms with Gasteiger partial charge in [-0.1, -0.05) is 12.1 Å². The van der Waals surface area contributed by atoms with Crippen LogP contribution in [0.25, 0.3) is 0 Å². The van der Waals surface area contributed by atoms with Crippen molar-refractivity contribution >= 4 is 23.7 Å². The Kier molecular flexibility index (Phi) is 5.78. The number of allylic oxidation sites excluding steroid dienone is 1. The van der Waals surface area contributed by atoms with Crippen molar-refractivity contribution < 1.29 is 24.0 Å². The van der Waals surface area contributed by atoms with Crippen molar-refractivity contribution in [2.45, 2.75) is 19.9 Å². The predicted molar refractivity (Wildman–Crippen MR) is 94.6 cm³/mol. The molecule has 0 bridgehead atoms. The van der Waals surface area contributed by atoms with Crippen LogP contribution in [0.2, 0.25) is 0 Å². The van der Waals surface area contributed by atoms with Gasteiger partial charge in [0.05, 0.1) is 17.1 Å². The number of hydrogen-bond donors (Lipinski definition) is 1. The van der Waals surface area contributed by atoms with Crippen molar-refractivity contribution in [1.82, 2.24) is 15.1 Å². The fourth-order valence-corrected chi connectivity index (χ4v) is 2.75. The summed E-state index contributed by atoms with van der Waals surface area (Å²) < 4.78 is 5.07. The molecule has 1 N–H and O–H groups in total. The standard InChI is InChI=1S/C17H20N4O6/c1-5-27-15(22)13-10(2)18-16(23)20(17(24)19(3)4)14(13)11-7-6-8-12(9-11)21(25)26/h6-9,14H,5H2,1-4H3,(H,18,23). The lowest BCUT2D eigenvalue weighted by Gasteiger charge is -2.37. The summed E-state index contributed by atoms with van der Waals surface area (Å²) in [6, 6.07) is 2.87. The summed E-state index contributed by atoms with van der Waals surface area (Å²) in [6.07, 6.45) is 0. The summed E-state index contributed by atoms with van der Waals surface area (Å²) in [5.74, 6) is -0.719. The van der Waals surface area contributed by atoms with E-state index in [0.717, 1.165) is 4.90 Å². The van der Waals surface area contributed by atoms with Crippen LogP contribution < -0.4 is 5.32 Å². The minimum absolute atomic E-state index is 0.0344. The Morgan fingerprint density at radius 2 is 2.04 bits per heavy atom. The second kappa shape index (κ2) is 7.85. The van der Waals surface area contributed by atoms with Gasteiger partial charge in [-0.15, -0.1) is 0 Å². The summed E-state index contributed by atoms with van der Waals surface area (Å²) in [7, 11) is 2.91. The van der Waals surface area contributed by atoms with Crippen molar-refractivity contribution in [3.8, 4) is 0 Å². The third kappa shape index (κ3) is 3.89. The lowest BCUT2D eigenvalue weighted by atomic mass is 9.93. The Balaban J connectivity index is 2.70. The Hall–Kier alpha value is -3.43. The maximum Gasteiger partial charge on any atom is 0.338 e. The van der Waals surface area contributed by atoms with E-state index >= 15 is 0 Å². The second-order valence-electron chi connectivity index (χ2n) is 5.99. The lowest BCUT2D eigenvalue weighted by molar-refractivity contribution is -0.384. The molecular weight excluding hydrogens is 356 g/mol. The highest BCUT2D eigenvalue weighted by molar-refractivity contribution is 6.01. The normalized spacial score (nSPS) is 16.7. The number of ether oxygens (including phenoxy) is 1. The van der Waals surface area contributed by atoms with Crippen LogP contribution in [0.5, 0.6) is 0 Å². The van der Waals surface area contributed by atoms with Gasteiger partial charge in [0.2, 0.25) is 0 Å². The number of amides is 4. The molecule has 0 spiro atoms. The molecule has 0 fully saturated rings. The van der Waals surface area contributed by atoms with Crippen LogP contribution in [0.15, 0.2) is 35.5 Å². The van der Waals surface area contributed by atoms with E-state index < -0.39 is 29.0 Å². The molecule has 10 nitrogen and oxygen atoms in total. The van der Waals surface area contributed by atoms with E-state index in [4.69, 9.17) is 4.74 Å². The first kappa shape index (κ1) is 19.9. The number of nitrogens with one attached hydrogen (secondary N) is 1. The predicted octanol–water partition coefficient (Wildman–Crippen LogP) is 2.18. The zero-order chi connectivity index (χ0) is 20.3. The molecule has 0 aliphatic carbocycles. The van der Waals surface area contributed by atoms with Crippen molar-refractivity contribution in [2.75, 3.05) is 20.7 Å². The molecule has 10 heteroatoms. The Morgan fingerprint density at radius 1 is 1.37 bits per heavy atom. The van der Waals surface area contributed by atoms with E-state index in [1.54, 1.807) is 6.92 Å². The van der Waals surface area contributed by atoms with Crippen LogP contribution >= 0.6 is 0 Å². The number of hydrogen-bond acceptors (Lipinski definition) is 6. The molecule has 4 amide bonds. The van der Waals surface area contributed by atoms with Crippen LogP contribution in [0.1, 0.15) is 25.5 Å². The molecule has 1 aliphatic rings. The first-order valence-corrected chi connectivity index (χ1v) is 8.12. The van der Waals surface area contributed by atoms with E-state index in [1.165, 1.54) is 50.2 Å². The molecule has 0 saturated heterocycles. The highest BCUT2D eigenvalue weighted by Crippen LogP contribution is 2.36. The Labute approximate surface area is 155 Å². The van der Waals surface area contributed by atoms with E-state index in [1.807, 2.05) is 0 Å². The molecule has 1 aliphatic heterocycles. The topological polar surface area (TPSA) is 122 Å². The quantitative estimate of drug-likeness (QED) is 0.488. The van der Waals surface area contributed by atoms with E-state index in [9.17, 15) is 24.5 Å². The van der Waals surface area contributed by atoms with Gasteiger partial charge < -0.3 is 15.0 Å². The van der Waals surface area contributed by atoms with E-state index in [-0.39, 0.29) is 29.1 Å². The van der Waals surface area contributed by atoms with Gasteiger partial charge in [0, 0.05) is 31.9 Å². The minimum atomic E-state index is -1.16. The largest absolute Gasteiger partial charge is 0.463 e. The fraction of sp³-hybridized carbons (Fsp3) is 0.353. The maximum absolute atomic E-state index is 12.6. The number of nitro benzene ring substituents is 1. The van der Waals surface area contributed by atoms with Crippen LogP contribution in [-0.2, 0) is 9.53 Å². The minimum Gasteiger partial charge on any atom is -0.463 e. The molecule has 27 heavy (non-hydrogen) atoms. The van der Waals surface area contributed by atoms with Crippen molar-refractivity contribution in [3.63, 3.8) is 0 Å². The summed E-state index contributed by atoms with van der Waals surface area (Å²) in [5, 5.41) is 13.6. The average Bonchev–Trinajstić information content (AvgIpc) is 2.60. The van der Waals surface area contributed by atoms with Crippen LogP contribution in [0.4, 0.5) is 15.3 Å². The van der Waals surface area contributed by atoms with Gasteiger partial charge in [0.1, 0.15) is 6.04 Å². The number of urea groups is 2. The molecule has 0 aromatic heterocycles. The molecule has 1 heterocycles. The summed E-state index contributed by atoms with van der Waals surface area (Å²) in [4.78, 5) is 50.3. The van der Waals surface area contributed by atoms with Crippen LogP contribution in [-0.4, -0.2) is 53.5 Å². The zero-order valence-corrected chi connectivity index (χ0v) is 15.4. The Bertz CT molecular complexity index is 832. The second-order valence-corrected chi connectivity index (χ2v) is 5.99. The number of nitro groups is 1. The number of imide groups is 1. The number of benzene rings is 1. The molecular formula is C17H20N4O6. The highest BCUT2D eigenvalue weighted by Gasteiger charge is 2.42. The summed E-state index contributed by atoms with van der Waals surface area (Å²) in [6.45, 7) is 3.22. The van der Waals surface area contributed by atoms with E-state index in [0.29, 0.717) is 0 Å². The first-order chi connectivity index (χ1) is 12.7. The molecule has 2 rings (SSSR count). The van der Waals surface area contributed by atoms with Gasteiger partial charge >= 0.3 is 18.0 Å². The van der Waals surface area contributed by atoms with Gasteiger partial charge in [-0.2, -0.15) is 0 Å². The molecule has 1 unspecified atom stereocenters. The molecule has 0 saturated carbocycles. The van der Waals surface area contributed by atoms with Crippen molar-refractivity contribution in [1.29, 1.82) is 0 Å². The smallest absolute Gasteiger partial charge is 0.338 e. The van der Waals surface area contributed by atoms with Gasteiger partial charge in [-0.3, -0.25) is 10.1 Å². The molecule has 144 valence electrons. The zero-order valence-electron chi connectivity index (χ0n) is 15.4. The number of rotatable bonds is 4. The SMILES string of the molecule is CCOC(=O)C1=C(C)NC(=O)N(C(=O)N(C)C)C1c1cccc([N+](=O)[O-])c1. The number of carbonyl (C=O) groups excluding carboxylic acids is 3. The number of non-ortho nitro benzene ring substituents is 1. The van der Waals surface area contributed by atoms with Crippen molar-refractivity contribution in [3.05, 3.63) is 51.2 Å². The van der Waals surface area contributed by atoms with Gasteiger partial charge in [-0.25, -0.2) is 19.3 Å². The monoisotopic (exact) mass is 376 g/mol. The molecule has 0 radical (unpaired) electrons. The third-order valence-corrected chi connectivity index (χ3v) is 3.93. The number of carbonyl (C=O) groups is 3. The van der Waals surface area contributed by atoms with Gasteiger partial charge in [0.25, 0.3) is 5.69 Å². The maximum atomic E-state index is 12.6. The molecule has 1 atom stereocenters. The lowest BCUT2D eigenvalue weighted by Crippen LogP contribution is -2.54. The Morgan fingerprint density at radius 3 is 2.59 bits per heavy atom. The van der Waals surface area contributed by atoms with Gasteiger partial charge in [-0.05, 0) is 19.4 Å². The van der Waals surface area contributed by atoms with Crippen LogP contribution in [0.3, 0.4) is 0 Å². The third-order valence-electron chi connectivity index (χ3n) is 3.93. The average molecular weight is 376 g/mol. The fourth-order valence-electron chi connectivity index (χ4n) is 2.75. The van der Waals surface area contributed by atoms with Gasteiger partial charge in [0.15, 0.2) is 0 Å². The number of nitrogens with zero attached hydrogens (tertiary/aromatic N) is 3. The first-order valence-electron chi connectivity index (χ1n) is 8.12. The summed E-state index contributed by atoms with van der Waals surface area (Å²) in [5.41, 5.74) is 0.276. The molecule has 1 aromatic carbocycles. The molecule has 1 aromatic rings. The van der Waals surface area contributed by atoms with Crippen LogP contribution in [0, 0.1) is 10.1 Å². The van der Waals surface area contributed by atoms with Crippen molar-refractivity contribution in [2.24, 2.45) is 0 Å². The van der Waals surface area contributed by atoms with E-state index in [2.05, 4.69) is 5.32 Å². The summed E-state index contributed by atoms with van der Waals surface area (Å²) >= 11 is 0. The number of esters is 1.